The summed E-state index contributed by atoms with van der Waals surface area (Å²) in [5, 5.41) is 4.03. The number of fused-ring (bicyclic) bond motifs is 1. The van der Waals surface area contributed by atoms with E-state index in [9.17, 15) is 0 Å². The Morgan fingerprint density at radius 1 is 1.55 bits per heavy atom. The summed E-state index contributed by atoms with van der Waals surface area (Å²) in [5.74, 6) is 1.06. The van der Waals surface area contributed by atoms with Gasteiger partial charge in [-0.15, -0.1) is 5.10 Å². The van der Waals surface area contributed by atoms with E-state index in [-0.39, 0.29) is 0 Å². The van der Waals surface area contributed by atoms with E-state index in [1.807, 2.05) is 6.92 Å². The molecule has 0 saturated carbocycles. The van der Waals surface area contributed by atoms with E-state index in [0.717, 1.165) is 5.65 Å². The van der Waals surface area contributed by atoms with Crippen molar-refractivity contribution in [3.8, 4) is 0 Å². The van der Waals surface area contributed by atoms with Gasteiger partial charge >= 0.3 is 0 Å². The van der Waals surface area contributed by atoms with Crippen molar-refractivity contribution in [3.05, 3.63) is 18.1 Å². The molecule has 2 aromatic heterocycles. The van der Waals surface area contributed by atoms with Crippen molar-refractivity contribution in [3.63, 3.8) is 0 Å². The van der Waals surface area contributed by atoms with Gasteiger partial charge in [-0.1, -0.05) is 0 Å². The summed E-state index contributed by atoms with van der Waals surface area (Å²) in [7, 11) is 0. The molecule has 0 aromatic carbocycles. The molecule has 0 radical (unpaired) electrons. The number of anilines is 1. The molecule has 0 bridgehead atoms. The van der Waals surface area contributed by atoms with E-state index in [1.165, 1.54) is 4.52 Å². The highest BCUT2D eigenvalue weighted by Gasteiger charge is 2.00. The van der Waals surface area contributed by atoms with Gasteiger partial charge in [0.2, 0.25) is 5.95 Å². The van der Waals surface area contributed by atoms with E-state index in [0.29, 0.717) is 11.8 Å². The van der Waals surface area contributed by atoms with Crippen molar-refractivity contribution >= 4 is 11.6 Å². The van der Waals surface area contributed by atoms with Crippen molar-refractivity contribution in [1.29, 1.82) is 0 Å². The van der Waals surface area contributed by atoms with Gasteiger partial charge in [0, 0.05) is 12.3 Å². The molecular weight excluding hydrogens is 142 g/mol. The fourth-order valence-corrected chi connectivity index (χ4v) is 0.943. The second-order valence-corrected chi connectivity index (χ2v) is 2.23. The molecule has 0 aliphatic rings. The Morgan fingerprint density at radius 3 is 3.09 bits per heavy atom. The van der Waals surface area contributed by atoms with Gasteiger partial charge in [0.25, 0.3) is 0 Å². The smallest absolute Gasteiger partial charge is 0.223 e. The zero-order chi connectivity index (χ0) is 7.84. The van der Waals surface area contributed by atoms with Gasteiger partial charge in [-0.05, 0) is 6.92 Å². The van der Waals surface area contributed by atoms with Gasteiger partial charge in [-0.25, -0.2) is 9.97 Å². The molecule has 0 aliphatic carbocycles. The summed E-state index contributed by atoms with van der Waals surface area (Å²) in [4.78, 5) is 7.96. The number of nitrogens with zero attached hydrogens (tertiary/aromatic N) is 4. The van der Waals surface area contributed by atoms with Gasteiger partial charge in [0.15, 0.2) is 5.65 Å². The molecule has 5 heteroatoms. The van der Waals surface area contributed by atoms with Crippen molar-refractivity contribution in [1.82, 2.24) is 19.6 Å². The van der Waals surface area contributed by atoms with Crippen LogP contribution < -0.4 is 5.73 Å². The predicted octanol–water partition coefficient (Wildman–Crippen LogP) is 0.0149. The maximum absolute atomic E-state index is 5.52. The first-order valence-corrected chi connectivity index (χ1v) is 3.21. The Kier molecular flexibility index (Phi) is 1.06. The van der Waals surface area contributed by atoms with Crippen LogP contribution >= 0.6 is 0 Å². The molecule has 0 fully saturated rings. The molecule has 0 unspecified atom stereocenters. The minimum absolute atomic E-state index is 0.364. The van der Waals surface area contributed by atoms with Crippen LogP contribution in [0.4, 0.5) is 5.95 Å². The van der Waals surface area contributed by atoms with Crippen LogP contribution in [0.1, 0.15) is 5.82 Å². The first kappa shape index (κ1) is 6.09. The highest BCUT2D eigenvalue weighted by Crippen LogP contribution is 2.02. The van der Waals surface area contributed by atoms with Crippen molar-refractivity contribution in [2.45, 2.75) is 6.92 Å². The topological polar surface area (TPSA) is 69.1 Å². The molecular formula is C6H7N5. The van der Waals surface area contributed by atoms with Crippen molar-refractivity contribution in [2.75, 3.05) is 5.73 Å². The number of hydrogen-bond acceptors (Lipinski definition) is 4. The van der Waals surface area contributed by atoms with Crippen molar-refractivity contribution < 1.29 is 0 Å². The fraction of sp³-hybridized carbons (Fsp3) is 0.167. The van der Waals surface area contributed by atoms with Crippen LogP contribution in [-0.2, 0) is 0 Å². The molecule has 56 valence electrons. The monoisotopic (exact) mass is 149 g/mol. The first-order chi connectivity index (χ1) is 5.27. The molecule has 11 heavy (non-hydrogen) atoms. The molecule has 2 N–H and O–H groups in total. The quantitative estimate of drug-likeness (QED) is 0.573. The van der Waals surface area contributed by atoms with Crippen molar-refractivity contribution in [2.24, 2.45) is 0 Å². The zero-order valence-corrected chi connectivity index (χ0v) is 6.02. The first-order valence-electron chi connectivity index (χ1n) is 3.21. The van der Waals surface area contributed by atoms with Crippen LogP contribution in [0.2, 0.25) is 0 Å². The Hall–Kier alpha value is -1.65. The van der Waals surface area contributed by atoms with E-state index < -0.39 is 0 Å². The number of aromatic nitrogens is 4. The Labute approximate surface area is 62.9 Å². The highest BCUT2D eigenvalue weighted by molar-refractivity contribution is 5.40. The van der Waals surface area contributed by atoms with Crippen LogP contribution in [0.25, 0.3) is 5.65 Å². The lowest BCUT2D eigenvalue weighted by Crippen LogP contribution is -2.00. The maximum Gasteiger partial charge on any atom is 0.223 e. The molecule has 0 amide bonds. The highest BCUT2D eigenvalue weighted by atomic mass is 15.3. The van der Waals surface area contributed by atoms with Crippen LogP contribution in [-0.4, -0.2) is 19.6 Å². The Balaban J connectivity index is 2.90. The lowest BCUT2D eigenvalue weighted by molar-refractivity contribution is 0.915. The number of nitrogen functional groups attached to an aromatic ring is 1. The molecule has 5 nitrogen and oxygen atoms in total. The summed E-state index contributed by atoms with van der Waals surface area (Å²) in [6.45, 7) is 1.81. The van der Waals surface area contributed by atoms with Crippen LogP contribution in [0, 0.1) is 6.92 Å². The van der Waals surface area contributed by atoms with E-state index >= 15 is 0 Å². The standard InChI is InChI=1S/C6H7N5/c1-4-9-5-2-3-8-6(7)11(5)10-4/h2-3H,1H3,(H2,7,8). The SMILES string of the molecule is Cc1nc2ccnc(N)n2n1. The lowest BCUT2D eigenvalue weighted by Gasteiger charge is -1.92. The summed E-state index contributed by atoms with van der Waals surface area (Å²) >= 11 is 0. The average molecular weight is 149 g/mol. The molecule has 2 rings (SSSR count). The zero-order valence-electron chi connectivity index (χ0n) is 6.02. The Bertz CT molecular complexity index is 391. The maximum atomic E-state index is 5.52. The summed E-state index contributed by atoms with van der Waals surface area (Å²) in [6.07, 6.45) is 1.61. The minimum Gasteiger partial charge on any atom is -0.368 e. The Morgan fingerprint density at radius 2 is 2.36 bits per heavy atom. The van der Waals surface area contributed by atoms with Crippen LogP contribution in [0.15, 0.2) is 12.3 Å². The molecule has 0 aliphatic heterocycles. The van der Waals surface area contributed by atoms with Crippen LogP contribution in [0.3, 0.4) is 0 Å². The second-order valence-electron chi connectivity index (χ2n) is 2.23. The predicted molar refractivity (Wildman–Crippen MR) is 39.9 cm³/mol. The molecule has 2 heterocycles. The second kappa shape index (κ2) is 1.91. The van der Waals surface area contributed by atoms with Crippen LogP contribution in [0.5, 0.6) is 0 Å². The van der Waals surface area contributed by atoms with E-state index in [1.54, 1.807) is 12.3 Å². The average Bonchev–Trinajstić information content (AvgIpc) is 2.31. The fourth-order valence-electron chi connectivity index (χ4n) is 0.943. The number of hydrogen-bond donors (Lipinski definition) is 1. The number of aryl methyl sites for hydroxylation is 1. The molecule has 0 spiro atoms. The lowest BCUT2D eigenvalue weighted by atomic mass is 10.6. The third kappa shape index (κ3) is 0.813. The van der Waals surface area contributed by atoms with Gasteiger partial charge in [-0.2, -0.15) is 4.52 Å². The van der Waals surface area contributed by atoms with E-state index in [2.05, 4.69) is 15.1 Å². The molecule has 2 aromatic rings. The number of nitrogens with two attached hydrogens (primary N) is 1. The van der Waals surface area contributed by atoms with E-state index in [4.69, 9.17) is 5.73 Å². The summed E-state index contributed by atoms with van der Waals surface area (Å²) in [6, 6.07) is 1.76. The number of rotatable bonds is 0. The summed E-state index contributed by atoms with van der Waals surface area (Å²) < 4.78 is 1.51. The van der Waals surface area contributed by atoms with Gasteiger partial charge in [0.1, 0.15) is 5.82 Å². The normalized spacial score (nSPS) is 10.6. The van der Waals surface area contributed by atoms with Gasteiger partial charge < -0.3 is 5.73 Å². The molecule has 0 saturated heterocycles. The largest absolute Gasteiger partial charge is 0.368 e. The summed E-state index contributed by atoms with van der Waals surface area (Å²) in [5.41, 5.74) is 6.25. The minimum atomic E-state index is 0.364. The molecule has 0 atom stereocenters. The third-order valence-corrected chi connectivity index (χ3v) is 1.39. The van der Waals surface area contributed by atoms with Gasteiger partial charge in [0.05, 0.1) is 0 Å². The third-order valence-electron chi connectivity index (χ3n) is 1.39. The van der Waals surface area contributed by atoms with Gasteiger partial charge in [-0.3, -0.25) is 0 Å².